The van der Waals surface area contributed by atoms with Gasteiger partial charge in [0.05, 0.1) is 18.3 Å². The molecule has 3 aromatic carbocycles. The average molecular weight is 545 g/mol. The van der Waals surface area contributed by atoms with E-state index in [-0.39, 0.29) is 29.2 Å². The number of methoxy groups -OCH3 is 1. The van der Waals surface area contributed by atoms with E-state index in [0.29, 0.717) is 16.9 Å². The van der Waals surface area contributed by atoms with Gasteiger partial charge in [0.1, 0.15) is 0 Å². The van der Waals surface area contributed by atoms with E-state index in [0.717, 1.165) is 21.3 Å². The van der Waals surface area contributed by atoms with Gasteiger partial charge in [0, 0.05) is 15.7 Å². The van der Waals surface area contributed by atoms with E-state index < -0.39 is 0 Å². The van der Waals surface area contributed by atoms with Crippen LogP contribution in [0.4, 0.5) is 5.69 Å². The second-order valence-electron chi connectivity index (χ2n) is 7.40. The molecule has 34 heavy (non-hydrogen) atoms. The van der Waals surface area contributed by atoms with Gasteiger partial charge < -0.3 is 14.8 Å². The molecule has 0 radical (unpaired) electrons. The molecule has 3 aromatic rings. The van der Waals surface area contributed by atoms with Crippen molar-refractivity contribution in [3.63, 3.8) is 0 Å². The lowest BCUT2D eigenvalue weighted by Gasteiger charge is -2.14. The minimum atomic E-state index is -0.350. The van der Waals surface area contributed by atoms with Crippen molar-refractivity contribution in [3.05, 3.63) is 86.3 Å². The number of carbonyl (C=O) groups is 2. The number of nitrogens with zero attached hydrogens (tertiary/aromatic N) is 1. The van der Waals surface area contributed by atoms with Gasteiger partial charge >= 0.3 is 0 Å². The lowest BCUT2D eigenvalue weighted by atomic mass is 10.1. The summed E-state index contributed by atoms with van der Waals surface area (Å²) in [6.07, 6.45) is 1.43. The molecule has 0 saturated carbocycles. The Bertz CT molecular complexity index is 1230. The SMILES string of the molecule is COc1cc(/C=N/NC(=O)c2ccc(Br)cc2)cc(Cl)c1OCC(=O)Nc1cc(C)ccc1C. The minimum Gasteiger partial charge on any atom is -0.493 e. The summed E-state index contributed by atoms with van der Waals surface area (Å²) < 4.78 is 11.9. The molecule has 176 valence electrons. The fourth-order valence-electron chi connectivity index (χ4n) is 2.98. The normalized spacial score (nSPS) is 10.7. The maximum Gasteiger partial charge on any atom is 0.271 e. The molecule has 0 unspecified atom stereocenters. The van der Waals surface area contributed by atoms with Gasteiger partial charge in [0.15, 0.2) is 18.1 Å². The molecule has 3 rings (SSSR count). The molecule has 0 bridgehead atoms. The fourth-order valence-corrected chi connectivity index (χ4v) is 3.52. The Morgan fingerprint density at radius 2 is 1.82 bits per heavy atom. The highest BCUT2D eigenvalue weighted by molar-refractivity contribution is 9.10. The van der Waals surface area contributed by atoms with Crippen LogP contribution in [0.5, 0.6) is 11.5 Å². The second kappa shape index (κ2) is 11.7. The molecule has 2 amide bonds. The number of rotatable bonds is 8. The Balaban J connectivity index is 1.64. The van der Waals surface area contributed by atoms with E-state index in [1.165, 1.54) is 13.3 Å². The second-order valence-corrected chi connectivity index (χ2v) is 8.72. The average Bonchev–Trinajstić information content (AvgIpc) is 2.80. The highest BCUT2D eigenvalue weighted by atomic mass is 79.9. The number of hydrazone groups is 1. The number of benzene rings is 3. The molecule has 0 aliphatic rings. The summed E-state index contributed by atoms with van der Waals surface area (Å²) in [5.74, 6) is -0.117. The predicted octanol–water partition coefficient (Wildman–Crippen LogP) is 5.51. The van der Waals surface area contributed by atoms with Crippen LogP contribution in [0.3, 0.4) is 0 Å². The Morgan fingerprint density at radius 1 is 1.09 bits per heavy atom. The zero-order chi connectivity index (χ0) is 24.7. The van der Waals surface area contributed by atoms with Gasteiger partial charge in [0.2, 0.25) is 0 Å². The van der Waals surface area contributed by atoms with Crippen LogP contribution in [0.2, 0.25) is 5.02 Å². The van der Waals surface area contributed by atoms with E-state index in [4.69, 9.17) is 21.1 Å². The van der Waals surface area contributed by atoms with Crippen LogP contribution in [0, 0.1) is 13.8 Å². The molecule has 9 heteroatoms. The molecule has 0 spiro atoms. The maximum absolute atomic E-state index is 12.4. The molecular weight excluding hydrogens is 522 g/mol. The van der Waals surface area contributed by atoms with Crippen molar-refractivity contribution >= 4 is 51.2 Å². The number of anilines is 1. The van der Waals surface area contributed by atoms with E-state index >= 15 is 0 Å². The first-order chi connectivity index (χ1) is 16.3. The Hall–Kier alpha value is -3.36. The summed E-state index contributed by atoms with van der Waals surface area (Å²) in [6.45, 7) is 3.62. The summed E-state index contributed by atoms with van der Waals surface area (Å²) in [5.41, 5.74) is 6.22. The van der Waals surface area contributed by atoms with Crippen molar-refractivity contribution in [2.45, 2.75) is 13.8 Å². The third-order valence-electron chi connectivity index (χ3n) is 4.75. The minimum absolute atomic E-state index is 0.233. The standard InChI is InChI=1S/C25H23BrClN3O4/c1-15-4-5-16(2)21(10-15)29-23(31)14-34-24-20(27)11-17(12-22(24)33-3)13-28-30-25(32)18-6-8-19(26)9-7-18/h4-13H,14H2,1-3H3,(H,29,31)(H,30,32)/b28-13+. The van der Waals surface area contributed by atoms with Crippen molar-refractivity contribution in [1.29, 1.82) is 0 Å². The highest BCUT2D eigenvalue weighted by Crippen LogP contribution is 2.36. The number of carbonyl (C=O) groups excluding carboxylic acids is 2. The third-order valence-corrected chi connectivity index (χ3v) is 5.56. The molecule has 0 aliphatic heterocycles. The Kier molecular flexibility index (Phi) is 8.67. The lowest BCUT2D eigenvalue weighted by Crippen LogP contribution is -2.21. The Labute approximate surface area is 211 Å². The van der Waals surface area contributed by atoms with Crippen molar-refractivity contribution < 1.29 is 19.1 Å². The largest absolute Gasteiger partial charge is 0.493 e. The summed E-state index contributed by atoms with van der Waals surface area (Å²) >= 11 is 9.69. The monoisotopic (exact) mass is 543 g/mol. The summed E-state index contributed by atoms with van der Waals surface area (Å²) in [7, 11) is 1.46. The van der Waals surface area contributed by atoms with Gasteiger partial charge in [-0.15, -0.1) is 0 Å². The molecular formula is C25H23BrClN3O4. The zero-order valence-corrected chi connectivity index (χ0v) is 21.2. The molecule has 0 fully saturated rings. The molecule has 7 nitrogen and oxygen atoms in total. The van der Waals surface area contributed by atoms with Crippen molar-refractivity contribution in [3.8, 4) is 11.5 Å². The van der Waals surface area contributed by atoms with Gasteiger partial charge in [-0.25, -0.2) is 5.43 Å². The Morgan fingerprint density at radius 3 is 2.53 bits per heavy atom. The van der Waals surface area contributed by atoms with Gasteiger partial charge in [-0.05, 0) is 73.0 Å². The maximum atomic E-state index is 12.4. The van der Waals surface area contributed by atoms with Crippen LogP contribution in [-0.4, -0.2) is 31.7 Å². The van der Waals surface area contributed by atoms with Crippen LogP contribution in [0.15, 0.2) is 64.2 Å². The highest BCUT2D eigenvalue weighted by Gasteiger charge is 2.14. The first-order valence-corrected chi connectivity index (χ1v) is 11.4. The molecule has 0 atom stereocenters. The van der Waals surface area contributed by atoms with Crippen LogP contribution < -0.4 is 20.2 Å². The smallest absolute Gasteiger partial charge is 0.271 e. The number of halogens is 2. The van der Waals surface area contributed by atoms with Crippen molar-refractivity contribution in [1.82, 2.24) is 5.43 Å². The van der Waals surface area contributed by atoms with Crippen LogP contribution in [0.1, 0.15) is 27.0 Å². The van der Waals surface area contributed by atoms with Crippen molar-refractivity contribution in [2.24, 2.45) is 5.10 Å². The number of hydrogen-bond donors (Lipinski definition) is 2. The summed E-state index contributed by atoms with van der Waals surface area (Å²) in [5, 5.41) is 7.04. The van der Waals surface area contributed by atoms with Crippen LogP contribution >= 0.6 is 27.5 Å². The molecule has 0 aliphatic carbocycles. The van der Waals surface area contributed by atoms with Gasteiger partial charge in [-0.3, -0.25) is 9.59 Å². The number of amides is 2. The quantitative estimate of drug-likeness (QED) is 0.289. The first kappa shape index (κ1) is 25.3. The number of nitrogens with one attached hydrogen (secondary N) is 2. The summed E-state index contributed by atoms with van der Waals surface area (Å²) in [6, 6.07) is 15.9. The van der Waals surface area contributed by atoms with E-state index in [2.05, 4.69) is 31.8 Å². The summed E-state index contributed by atoms with van der Waals surface area (Å²) in [4.78, 5) is 24.5. The predicted molar refractivity (Wildman–Crippen MR) is 137 cm³/mol. The number of ether oxygens (including phenoxy) is 2. The van der Waals surface area contributed by atoms with E-state index in [9.17, 15) is 9.59 Å². The van der Waals surface area contributed by atoms with Gasteiger partial charge in [0.25, 0.3) is 11.8 Å². The van der Waals surface area contributed by atoms with E-state index in [1.54, 1.807) is 36.4 Å². The third kappa shape index (κ3) is 6.82. The van der Waals surface area contributed by atoms with Gasteiger partial charge in [-0.1, -0.05) is 39.7 Å². The topological polar surface area (TPSA) is 89.0 Å². The first-order valence-electron chi connectivity index (χ1n) is 10.2. The number of hydrogen-bond acceptors (Lipinski definition) is 5. The van der Waals surface area contributed by atoms with Crippen molar-refractivity contribution in [2.75, 3.05) is 19.0 Å². The molecule has 0 saturated heterocycles. The van der Waals surface area contributed by atoms with Crippen LogP contribution in [0.25, 0.3) is 0 Å². The molecule has 0 aromatic heterocycles. The molecule has 2 N–H and O–H groups in total. The fraction of sp³-hybridized carbons (Fsp3) is 0.160. The van der Waals surface area contributed by atoms with Gasteiger partial charge in [-0.2, -0.15) is 5.10 Å². The van der Waals surface area contributed by atoms with E-state index in [1.807, 2.05) is 32.0 Å². The molecule has 0 heterocycles. The van der Waals surface area contributed by atoms with Crippen LogP contribution in [-0.2, 0) is 4.79 Å². The lowest BCUT2D eigenvalue weighted by molar-refractivity contribution is -0.118. The zero-order valence-electron chi connectivity index (χ0n) is 18.8. The number of aryl methyl sites for hydroxylation is 2.